The number of aliphatic hydroxyl groups is 1. The van der Waals surface area contributed by atoms with Crippen molar-refractivity contribution in [3.8, 4) is 0 Å². The van der Waals surface area contributed by atoms with Crippen LogP contribution in [0.4, 0.5) is 0 Å². The van der Waals surface area contributed by atoms with E-state index in [0.717, 1.165) is 0 Å². The second kappa shape index (κ2) is 4.35. The zero-order valence-electron chi connectivity index (χ0n) is 6.17. The molecule has 0 saturated heterocycles. The topological polar surface area (TPSA) is 85.2 Å². The molecule has 1 aromatic heterocycles. The first-order valence-corrected chi connectivity index (χ1v) is 3.24. The van der Waals surface area contributed by atoms with Crippen molar-refractivity contribution in [2.75, 3.05) is 13.2 Å². The van der Waals surface area contributed by atoms with Gasteiger partial charge in [0.25, 0.3) is 0 Å². The molecule has 0 fully saturated rings. The van der Waals surface area contributed by atoms with Gasteiger partial charge < -0.3 is 9.84 Å². The fourth-order valence-electron chi connectivity index (χ4n) is 0.547. The maximum absolute atomic E-state index is 10.9. The van der Waals surface area contributed by atoms with E-state index in [1.165, 1.54) is 12.7 Å². The molecule has 0 unspecified atom stereocenters. The quantitative estimate of drug-likeness (QED) is 0.585. The van der Waals surface area contributed by atoms with Crippen LogP contribution in [0.25, 0.3) is 0 Å². The van der Waals surface area contributed by atoms with Gasteiger partial charge in [-0.25, -0.2) is 19.7 Å². The molecule has 0 radical (unpaired) electrons. The predicted octanol–water partition coefficient (Wildman–Crippen LogP) is -0.979. The Morgan fingerprint density at radius 3 is 2.75 bits per heavy atom. The van der Waals surface area contributed by atoms with Gasteiger partial charge in [-0.15, -0.1) is 0 Å². The Kier molecular flexibility index (Phi) is 3.09. The van der Waals surface area contributed by atoms with E-state index in [1.807, 2.05) is 0 Å². The Bertz CT molecular complexity index is 251. The van der Waals surface area contributed by atoms with Gasteiger partial charge in [-0.2, -0.15) is 0 Å². The fraction of sp³-hybridized carbons (Fsp3) is 0.333. The molecule has 6 heteroatoms. The van der Waals surface area contributed by atoms with Crippen LogP contribution in [0.3, 0.4) is 0 Å². The third kappa shape index (κ3) is 2.24. The van der Waals surface area contributed by atoms with Crippen LogP contribution in [-0.2, 0) is 4.74 Å². The Hall–Kier alpha value is -1.56. The number of carbonyl (C=O) groups excluding carboxylic acids is 1. The molecule has 64 valence electrons. The molecule has 0 saturated carbocycles. The molecule has 0 aromatic carbocycles. The Morgan fingerprint density at radius 2 is 2.17 bits per heavy atom. The van der Waals surface area contributed by atoms with Crippen LogP contribution >= 0.6 is 0 Å². The van der Waals surface area contributed by atoms with Crippen molar-refractivity contribution in [2.45, 2.75) is 0 Å². The molecule has 1 aromatic rings. The average Bonchev–Trinajstić information content (AvgIpc) is 2.15. The minimum absolute atomic E-state index is 0.0511. The summed E-state index contributed by atoms with van der Waals surface area (Å²) in [7, 11) is 0. The highest BCUT2D eigenvalue weighted by Crippen LogP contribution is 1.89. The van der Waals surface area contributed by atoms with Crippen molar-refractivity contribution in [3.05, 3.63) is 18.5 Å². The lowest BCUT2D eigenvalue weighted by Crippen LogP contribution is -2.12. The Morgan fingerprint density at radius 1 is 1.50 bits per heavy atom. The molecule has 6 nitrogen and oxygen atoms in total. The SMILES string of the molecule is O=C(OCCO)c1ncncn1. The van der Waals surface area contributed by atoms with E-state index in [1.54, 1.807) is 0 Å². The number of nitrogens with zero attached hydrogens (tertiary/aromatic N) is 3. The van der Waals surface area contributed by atoms with E-state index < -0.39 is 5.97 Å². The molecular weight excluding hydrogens is 162 g/mol. The summed E-state index contributed by atoms with van der Waals surface area (Å²) in [5.41, 5.74) is 0. The van der Waals surface area contributed by atoms with Crippen LogP contribution in [0.15, 0.2) is 12.7 Å². The molecular formula is C6H7N3O3. The van der Waals surface area contributed by atoms with Gasteiger partial charge in [0.2, 0.25) is 5.82 Å². The van der Waals surface area contributed by atoms with Gasteiger partial charge in [0.05, 0.1) is 6.61 Å². The van der Waals surface area contributed by atoms with E-state index in [2.05, 4.69) is 19.7 Å². The molecule has 0 aliphatic heterocycles. The van der Waals surface area contributed by atoms with E-state index >= 15 is 0 Å². The van der Waals surface area contributed by atoms with E-state index in [4.69, 9.17) is 5.11 Å². The molecule has 0 aliphatic carbocycles. The number of esters is 1. The van der Waals surface area contributed by atoms with Crippen LogP contribution in [0.5, 0.6) is 0 Å². The van der Waals surface area contributed by atoms with Gasteiger partial charge >= 0.3 is 5.97 Å². The zero-order valence-corrected chi connectivity index (χ0v) is 6.17. The summed E-state index contributed by atoms with van der Waals surface area (Å²) in [6, 6.07) is 0. The average molecular weight is 169 g/mol. The number of rotatable bonds is 3. The van der Waals surface area contributed by atoms with E-state index in [0.29, 0.717) is 0 Å². The van der Waals surface area contributed by atoms with Gasteiger partial charge in [0.1, 0.15) is 19.3 Å². The largest absolute Gasteiger partial charge is 0.457 e. The normalized spacial score (nSPS) is 9.42. The van der Waals surface area contributed by atoms with Gasteiger partial charge in [-0.05, 0) is 0 Å². The predicted molar refractivity (Wildman–Crippen MR) is 37.2 cm³/mol. The molecule has 1 N–H and O–H groups in total. The van der Waals surface area contributed by atoms with Crippen molar-refractivity contribution in [2.24, 2.45) is 0 Å². The number of aromatic nitrogens is 3. The smallest absolute Gasteiger partial charge is 0.376 e. The first-order chi connectivity index (χ1) is 5.84. The van der Waals surface area contributed by atoms with Crippen LogP contribution in [0.1, 0.15) is 10.6 Å². The minimum atomic E-state index is -0.661. The molecule has 0 spiro atoms. The van der Waals surface area contributed by atoms with E-state index in [-0.39, 0.29) is 19.0 Å². The Labute approximate surface area is 68.3 Å². The maximum Gasteiger partial charge on any atom is 0.376 e. The summed E-state index contributed by atoms with van der Waals surface area (Å²) in [6.07, 6.45) is 2.39. The zero-order chi connectivity index (χ0) is 8.81. The lowest BCUT2D eigenvalue weighted by atomic mass is 10.6. The van der Waals surface area contributed by atoms with Crippen molar-refractivity contribution in [3.63, 3.8) is 0 Å². The third-order valence-corrected chi connectivity index (χ3v) is 1.00. The Balaban J connectivity index is 2.54. The first kappa shape index (κ1) is 8.54. The van der Waals surface area contributed by atoms with Gasteiger partial charge in [0, 0.05) is 0 Å². The third-order valence-electron chi connectivity index (χ3n) is 1.00. The van der Waals surface area contributed by atoms with Crippen LogP contribution in [-0.4, -0.2) is 39.2 Å². The highest BCUT2D eigenvalue weighted by molar-refractivity contribution is 5.84. The second-order valence-electron chi connectivity index (χ2n) is 1.82. The highest BCUT2D eigenvalue weighted by Gasteiger charge is 2.08. The molecule has 12 heavy (non-hydrogen) atoms. The molecule has 0 atom stereocenters. The van der Waals surface area contributed by atoms with Crippen LogP contribution in [0, 0.1) is 0 Å². The highest BCUT2D eigenvalue weighted by atomic mass is 16.5. The number of hydrogen-bond donors (Lipinski definition) is 1. The summed E-state index contributed by atoms with van der Waals surface area (Å²) in [5.74, 6) is -0.718. The number of carbonyl (C=O) groups is 1. The van der Waals surface area contributed by atoms with Crippen molar-refractivity contribution in [1.82, 2.24) is 15.0 Å². The van der Waals surface area contributed by atoms with E-state index in [9.17, 15) is 4.79 Å². The number of ether oxygens (including phenoxy) is 1. The van der Waals surface area contributed by atoms with Gasteiger partial charge in [-0.3, -0.25) is 0 Å². The molecule has 0 amide bonds. The first-order valence-electron chi connectivity index (χ1n) is 3.24. The van der Waals surface area contributed by atoms with Crippen molar-refractivity contribution >= 4 is 5.97 Å². The lowest BCUT2D eigenvalue weighted by Gasteiger charge is -1.98. The lowest BCUT2D eigenvalue weighted by molar-refractivity contribution is 0.0419. The fourth-order valence-corrected chi connectivity index (χ4v) is 0.547. The van der Waals surface area contributed by atoms with Crippen LogP contribution < -0.4 is 0 Å². The number of aliphatic hydroxyl groups excluding tert-OH is 1. The molecule has 1 rings (SSSR count). The molecule has 0 bridgehead atoms. The summed E-state index contributed by atoms with van der Waals surface area (Å²) in [4.78, 5) is 21.6. The monoisotopic (exact) mass is 169 g/mol. The van der Waals surface area contributed by atoms with Gasteiger partial charge in [0.15, 0.2) is 0 Å². The van der Waals surface area contributed by atoms with Crippen LogP contribution in [0.2, 0.25) is 0 Å². The summed E-state index contributed by atoms with van der Waals surface area (Å²) in [5, 5.41) is 8.33. The summed E-state index contributed by atoms with van der Waals surface area (Å²) in [6.45, 7) is -0.263. The van der Waals surface area contributed by atoms with Crippen molar-refractivity contribution < 1.29 is 14.6 Å². The maximum atomic E-state index is 10.9. The van der Waals surface area contributed by atoms with Crippen molar-refractivity contribution in [1.29, 1.82) is 0 Å². The number of hydrogen-bond acceptors (Lipinski definition) is 6. The second-order valence-corrected chi connectivity index (χ2v) is 1.82. The minimum Gasteiger partial charge on any atom is -0.457 e. The standard InChI is InChI=1S/C6H7N3O3/c10-1-2-12-6(11)5-8-3-7-4-9-5/h3-4,10H,1-2H2. The van der Waals surface area contributed by atoms with Gasteiger partial charge in [-0.1, -0.05) is 0 Å². The summed E-state index contributed by atoms with van der Waals surface area (Å²) < 4.78 is 4.54. The molecule has 0 aliphatic rings. The molecule has 1 heterocycles. The summed E-state index contributed by atoms with van der Waals surface area (Å²) >= 11 is 0.